The van der Waals surface area contributed by atoms with Crippen molar-refractivity contribution < 1.29 is 13.2 Å². The van der Waals surface area contributed by atoms with Crippen LogP contribution in [0.5, 0.6) is 0 Å². The summed E-state index contributed by atoms with van der Waals surface area (Å²) in [6, 6.07) is 3.73. The van der Waals surface area contributed by atoms with Crippen LogP contribution in [-0.2, 0) is 6.18 Å². The Morgan fingerprint density at radius 3 is 2.61 bits per heavy atom. The Morgan fingerprint density at radius 2 is 2.06 bits per heavy atom. The molecule has 1 aromatic carbocycles. The van der Waals surface area contributed by atoms with Crippen LogP contribution in [0.4, 0.5) is 18.9 Å². The summed E-state index contributed by atoms with van der Waals surface area (Å²) < 4.78 is 38.1. The largest absolute Gasteiger partial charge is 0.416 e. The predicted molar refractivity (Wildman–Crippen MR) is 70.2 cm³/mol. The van der Waals surface area contributed by atoms with E-state index >= 15 is 0 Å². The Balaban J connectivity index is 2.24. The van der Waals surface area contributed by atoms with Gasteiger partial charge in [0.2, 0.25) is 0 Å². The molecule has 1 fully saturated rings. The van der Waals surface area contributed by atoms with E-state index in [1.807, 2.05) is 4.90 Å². The van der Waals surface area contributed by atoms with Crippen molar-refractivity contribution >= 4 is 33.2 Å². The van der Waals surface area contributed by atoms with E-state index < -0.39 is 11.7 Å². The molecule has 0 bridgehead atoms. The molecule has 0 saturated carbocycles. The fourth-order valence-electron chi connectivity index (χ4n) is 2.08. The maximum Gasteiger partial charge on any atom is 0.416 e. The first-order valence-corrected chi connectivity index (χ1v) is 6.86. The molecule has 18 heavy (non-hydrogen) atoms. The van der Waals surface area contributed by atoms with Gasteiger partial charge in [0.15, 0.2) is 0 Å². The monoisotopic (exact) mass is 341 g/mol. The SMILES string of the molecule is FC(F)(F)c1ccc(N2CCCC(Cl)C2)c(Br)c1. The lowest BCUT2D eigenvalue weighted by Gasteiger charge is -2.32. The summed E-state index contributed by atoms with van der Waals surface area (Å²) in [5, 5.41) is 0.0629. The Kier molecular flexibility index (Phi) is 4.11. The van der Waals surface area contributed by atoms with Crippen LogP contribution in [0.3, 0.4) is 0 Å². The fraction of sp³-hybridized carbons (Fsp3) is 0.500. The smallest absolute Gasteiger partial charge is 0.369 e. The minimum atomic E-state index is -4.31. The van der Waals surface area contributed by atoms with Gasteiger partial charge in [0.25, 0.3) is 0 Å². The molecule has 0 amide bonds. The minimum Gasteiger partial charge on any atom is -0.369 e. The van der Waals surface area contributed by atoms with Crippen molar-refractivity contribution in [2.45, 2.75) is 24.4 Å². The molecule has 1 unspecified atom stereocenters. The molecule has 1 heterocycles. The number of hydrogen-bond donors (Lipinski definition) is 0. The molecule has 0 radical (unpaired) electrons. The first kappa shape index (κ1) is 14.0. The highest BCUT2D eigenvalue weighted by Gasteiger charge is 2.31. The van der Waals surface area contributed by atoms with Gasteiger partial charge in [-0.25, -0.2) is 0 Å². The van der Waals surface area contributed by atoms with Crippen LogP contribution in [0.1, 0.15) is 18.4 Å². The van der Waals surface area contributed by atoms with Gasteiger partial charge in [-0.15, -0.1) is 11.6 Å². The molecule has 1 aliphatic rings. The van der Waals surface area contributed by atoms with E-state index in [9.17, 15) is 13.2 Å². The lowest BCUT2D eigenvalue weighted by atomic mass is 10.1. The van der Waals surface area contributed by atoms with Crippen LogP contribution in [0.25, 0.3) is 0 Å². The summed E-state index contributed by atoms with van der Waals surface area (Å²) in [7, 11) is 0. The van der Waals surface area contributed by atoms with Crippen LogP contribution in [-0.4, -0.2) is 18.5 Å². The van der Waals surface area contributed by atoms with E-state index in [1.165, 1.54) is 6.07 Å². The topological polar surface area (TPSA) is 3.24 Å². The number of hydrogen-bond acceptors (Lipinski definition) is 1. The predicted octanol–water partition coefficient (Wildman–Crippen LogP) is 4.68. The number of alkyl halides is 4. The molecular formula is C12H12BrClF3N. The van der Waals surface area contributed by atoms with Crippen molar-refractivity contribution in [1.82, 2.24) is 0 Å². The zero-order chi connectivity index (χ0) is 13.3. The highest BCUT2D eigenvalue weighted by Crippen LogP contribution is 2.36. The van der Waals surface area contributed by atoms with Gasteiger partial charge in [-0.1, -0.05) is 0 Å². The third-order valence-electron chi connectivity index (χ3n) is 2.98. The molecule has 100 valence electrons. The third kappa shape index (κ3) is 3.12. The summed E-state index contributed by atoms with van der Waals surface area (Å²) in [5.41, 5.74) is 0.130. The van der Waals surface area contributed by atoms with Gasteiger partial charge in [0.05, 0.1) is 16.6 Å². The zero-order valence-electron chi connectivity index (χ0n) is 9.47. The first-order chi connectivity index (χ1) is 8.38. The van der Waals surface area contributed by atoms with Gasteiger partial charge in [-0.05, 0) is 47.0 Å². The van der Waals surface area contributed by atoms with Crippen molar-refractivity contribution in [1.29, 1.82) is 0 Å². The van der Waals surface area contributed by atoms with Crippen LogP contribution in [0.2, 0.25) is 0 Å². The molecule has 1 aliphatic heterocycles. The van der Waals surface area contributed by atoms with Crippen LogP contribution in [0.15, 0.2) is 22.7 Å². The van der Waals surface area contributed by atoms with E-state index in [2.05, 4.69) is 15.9 Å². The van der Waals surface area contributed by atoms with E-state index in [0.717, 1.165) is 37.2 Å². The van der Waals surface area contributed by atoms with Crippen LogP contribution in [0, 0.1) is 0 Å². The third-order valence-corrected chi connectivity index (χ3v) is 3.97. The summed E-state index contributed by atoms with van der Waals surface area (Å²) >= 11 is 9.29. The average Bonchev–Trinajstić information content (AvgIpc) is 2.27. The van der Waals surface area contributed by atoms with Gasteiger partial charge < -0.3 is 4.90 Å². The lowest BCUT2D eigenvalue weighted by molar-refractivity contribution is -0.137. The van der Waals surface area contributed by atoms with Gasteiger partial charge >= 0.3 is 6.18 Å². The van der Waals surface area contributed by atoms with Gasteiger partial charge in [-0.2, -0.15) is 13.2 Å². The maximum atomic E-state index is 12.5. The molecule has 0 aliphatic carbocycles. The van der Waals surface area contributed by atoms with Crippen molar-refractivity contribution in [3.8, 4) is 0 Å². The molecule has 1 saturated heterocycles. The molecule has 6 heteroatoms. The zero-order valence-corrected chi connectivity index (χ0v) is 11.8. The number of halogens is 5. The van der Waals surface area contributed by atoms with Crippen LogP contribution < -0.4 is 4.90 Å². The molecule has 1 nitrogen and oxygen atoms in total. The van der Waals surface area contributed by atoms with Crippen molar-refractivity contribution in [3.05, 3.63) is 28.2 Å². The molecule has 0 spiro atoms. The van der Waals surface area contributed by atoms with Gasteiger partial charge in [0, 0.05) is 17.6 Å². The highest BCUT2D eigenvalue weighted by molar-refractivity contribution is 9.10. The fourth-order valence-corrected chi connectivity index (χ4v) is 3.03. The molecule has 0 N–H and O–H groups in total. The number of nitrogens with zero attached hydrogens (tertiary/aromatic N) is 1. The molecule has 2 rings (SSSR count). The Bertz CT molecular complexity index is 436. The number of anilines is 1. The molecule has 0 aromatic heterocycles. The van der Waals surface area contributed by atoms with E-state index in [4.69, 9.17) is 11.6 Å². The molecule has 1 atom stereocenters. The van der Waals surface area contributed by atoms with E-state index in [1.54, 1.807) is 0 Å². The van der Waals surface area contributed by atoms with E-state index in [0.29, 0.717) is 11.0 Å². The van der Waals surface area contributed by atoms with Crippen molar-refractivity contribution in [2.24, 2.45) is 0 Å². The Labute approximate surface area is 117 Å². The Hall–Kier alpha value is -0.420. The minimum absolute atomic E-state index is 0.0629. The van der Waals surface area contributed by atoms with Gasteiger partial charge in [-0.3, -0.25) is 0 Å². The lowest BCUT2D eigenvalue weighted by Crippen LogP contribution is -2.36. The van der Waals surface area contributed by atoms with E-state index in [-0.39, 0.29) is 5.38 Å². The quantitative estimate of drug-likeness (QED) is 0.670. The second-order valence-electron chi connectivity index (χ2n) is 4.35. The second kappa shape index (κ2) is 5.29. The number of piperidine rings is 1. The summed E-state index contributed by atoms with van der Waals surface area (Å²) in [5.74, 6) is 0. The summed E-state index contributed by atoms with van der Waals surface area (Å²) in [6.45, 7) is 1.50. The maximum absolute atomic E-state index is 12.5. The van der Waals surface area contributed by atoms with Crippen molar-refractivity contribution in [3.63, 3.8) is 0 Å². The summed E-state index contributed by atoms with van der Waals surface area (Å²) in [4.78, 5) is 2.02. The van der Waals surface area contributed by atoms with Crippen LogP contribution >= 0.6 is 27.5 Å². The standard InChI is InChI=1S/C12H12BrClF3N/c13-10-6-8(12(15,16)17)3-4-11(10)18-5-1-2-9(14)7-18/h3-4,6,9H,1-2,5,7H2. The summed E-state index contributed by atoms with van der Waals surface area (Å²) in [6.07, 6.45) is -2.39. The second-order valence-corrected chi connectivity index (χ2v) is 5.82. The first-order valence-electron chi connectivity index (χ1n) is 5.63. The average molecular weight is 343 g/mol. The Morgan fingerprint density at radius 1 is 1.33 bits per heavy atom. The van der Waals surface area contributed by atoms with Gasteiger partial charge in [0.1, 0.15) is 0 Å². The number of benzene rings is 1. The molecule has 1 aromatic rings. The highest BCUT2D eigenvalue weighted by atomic mass is 79.9. The normalized spacial score (nSPS) is 21.2. The van der Waals surface area contributed by atoms with Crippen molar-refractivity contribution in [2.75, 3.05) is 18.0 Å². The number of rotatable bonds is 1. The molecular weight excluding hydrogens is 330 g/mol.